The van der Waals surface area contributed by atoms with Crippen LogP contribution in [0.4, 0.5) is 0 Å². The molecule has 4 N–H and O–H groups in total. The predicted molar refractivity (Wildman–Crippen MR) is 34.8 cm³/mol. The second-order valence-electron chi connectivity index (χ2n) is 1.65. The number of hydrazine groups is 1. The van der Waals surface area contributed by atoms with Crippen LogP contribution in [0, 0.1) is 0 Å². The van der Waals surface area contributed by atoms with E-state index in [1.165, 1.54) is 0 Å². The summed E-state index contributed by atoms with van der Waals surface area (Å²) in [6, 6.07) is 0. The minimum absolute atomic E-state index is 0.131. The molecule has 9 heavy (non-hydrogen) atoms. The van der Waals surface area contributed by atoms with Crippen LogP contribution in [-0.4, -0.2) is 36.5 Å². The average molecular weight is 134 g/mol. The van der Waals surface area contributed by atoms with Crippen LogP contribution in [0.2, 0.25) is 0 Å². The molecular formula is C5H14N2O2. The Balaban J connectivity index is 2.60. The fourth-order valence-electron chi connectivity index (χ4n) is 0.400. The van der Waals surface area contributed by atoms with Crippen molar-refractivity contribution >= 4 is 0 Å². The third kappa shape index (κ3) is 7.84. The van der Waals surface area contributed by atoms with Crippen LogP contribution in [0.15, 0.2) is 0 Å². The Labute approximate surface area is 54.9 Å². The van der Waals surface area contributed by atoms with Gasteiger partial charge in [-0.3, -0.25) is 10.9 Å². The summed E-state index contributed by atoms with van der Waals surface area (Å²) >= 11 is 0. The Hall–Kier alpha value is -0.160. The molecular weight excluding hydrogens is 120 g/mol. The molecule has 0 saturated heterocycles. The Kier molecular flexibility index (Phi) is 7.70. The minimum atomic E-state index is 0.131. The maximum absolute atomic E-state index is 8.31. The summed E-state index contributed by atoms with van der Waals surface area (Å²) in [6.45, 7) is 1.61. The van der Waals surface area contributed by atoms with Gasteiger partial charge in [0.05, 0.1) is 6.61 Å². The van der Waals surface area contributed by atoms with E-state index in [-0.39, 0.29) is 13.2 Å². The lowest BCUT2D eigenvalue weighted by molar-refractivity contribution is 0.269. The third-order valence-corrected chi connectivity index (χ3v) is 0.822. The molecule has 0 spiro atoms. The van der Waals surface area contributed by atoms with Crippen LogP contribution in [0.5, 0.6) is 0 Å². The first kappa shape index (κ1) is 8.84. The molecule has 4 nitrogen and oxygen atoms in total. The highest BCUT2D eigenvalue weighted by Gasteiger charge is 1.82. The van der Waals surface area contributed by atoms with Gasteiger partial charge in [-0.05, 0) is 6.42 Å². The van der Waals surface area contributed by atoms with E-state index in [4.69, 9.17) is 10.2 Å². The molecule has 0 amide bonds. The van der Waals surface area contributed by atoms with Crippen LogP contribution >= 0.6 is 0 Å². The van der Waals surface area contributed by atoms with Crippen LogP contribution in [0.3, 0.4) is 0 Å². The van der Waals surface area contributed by atoms with Crippen molar-refractivity contribution in [3.63, 3.8) is 0 Å². The summed E-state index contributed by atoms with van der Waals surface area (Å²) in [6.07, 6.45) is 0.735. The number of hydrogen-bond donors (Lipinski definition) is 4. The largest absolute Gasteiger partial charge is 0.396 e. The lowest BCUT2D eigenvalue weighted by atomic mass is 10.5. The van der Waals surface area contributed by atoms with Gasteiger partial charge >= 0.3 is 0 Å². The molecule has 0 aromatic heterocycles. The first-order valence-corrected chi connectivity index (χ1v) is 3.09. The van der Waals surface area contributed by atoms with Crippen molar-refractivity contribution in [3.8, 4) is 0 Å². The standard InChI is InChI=1S/C5H14N2O2/c8-4-1-2-6-7-3-5-9/h6-9H,1-5H2. The van der Waals surface area contributed by atoms with E-state index < -0.39 is 0 Å². The number of nitrogens with one attached hydrogen (secondary N) is 2. The topological polar surface area (TPSA) is 64.5 Å². The number of aliphatic hydroxyl groups excluding tert-OH is 2. The van der Waals surface area contributed by atoms with Gasteiger partial charge < -0.3 is 10.2 Å². The fraction of sp³-hybridized carbons (Fsp3) is 1.00. The number of hydrogen-bond acceptors (Lipinski definition) is 4. The number of rotatable bonds is 6. The molecule has 0 radical (unpaired) electrons. The maximum atomic E-state index is 8.31. The van der Waals surface area contributed by atoms with Gasteiger partial charge in [0, 0.05) is 19.7 Å². The predicted octanol–water partition coefficient (Wildman–Crippen LogP) is -1.54. The summed E-state index contributed by atoms with van der Waals surface area (Å²) in [7, 11) is 0. The second-order valence-corrected chi connectivity index (χ2v) is 1.65. The molecule has 0 aromatic carbocycles. The summed E-state index contributed by atoms with van der Waals surface area (Å²) in [5.41, 5.74) is 5.58. The van der Waals surface area contributed by atoms with Gasteiger partial charge in [-0.15, -0.1) is 0 Å². The van der Waals surface area contributed by atoms with Crippen LogP contribution in [0.1, 0.15) is 6.42 Å². The summed E-state index contributed by atoms with van der Waals surface area (Å²) in [5.74, 6) is 0. The van der Waals surface area contributed by atoms with E-state index in [9.17, 15) is 0 Å². The molecule has 0 aliphatic carbocycles. The monoisotopic (exact) mass is 134 g/mol. The molecule has 0 fully saturated rings. The first-order valence-electron chi connectivity index (χ1n) is 3.09. The number of aliphatic hydroxyl groups is 2. The van der Waals surface area contributed by atoms with Crippen LogP contribution < -0.4 is 10.9 Å². The van der Waals surface area contributed by atoms with Gasteiger partial charge in [0.2, 0.25) is 0 Å². The van der Waals surface area contributed by atoms with E-state index >= 15 is 0 Å². The van der Waals surface area contributed by atoms with Crippen molar-refractivity contribution in [2.24, 2.45) is 0 Å². The SMILES string of the molecule is OCCCNNCCO. The molecule has 56 valence electrons. The zero-order valence-corrected chi connectivity index (χ0v) is 5.43. The van der Waals surface area contributed by atoms with Gasteiger partial charge in [0.15, 0.2) is 0 Å². The normalized spacial score (nSPS) is 10.0. The van der Waals surface area contributed by atoms with Crippen molar-refractivity contribution in [1.82, 2.24) is 10.9 Å². The summed E-state index contributed by atoms with van der Waals surface area (Å²) in [5, 5.41) is 16.6. The van der Waals surface area contributed by atoms with Crippen molar-refractivity contribution in [1.29, 1.82) is 0 Å². The maximum Gasteiger partial charge on any atom is 0.0569 e. The highest BCUT2D eigenvalue weighted by molar-refractivity contribution is 4.39. The van der Waals surface area contributed by atoms with Crippen LogP contribution in [-0.2, 0) is 0 Å². The highest BCUT2D eigenvalue weighted by atomic mass is 16.3. The molecule has 0 bridgehead atoms. The zero-order valence-electron chi connectivity index (χ0n) is 5.43. The van der Waals surface area contributed by atoms with E-state index in [0.717, 1.165) is 13.0 Å². The van der Waals surface area contributed by atoms with Crippen LogP contribution in [0.25, 0.3) is 0 Å². The first-order chi connectivity index (χ1) is 4.41. The molecule has 0 aromatic rings. The van der Waals surface area contributed by atoms with Gasteiger partial charge in [-0.2, -0.15) is 0 Å². The van der Waals surface area contributed by atoms with Crippen molar-refractivity contribution in [2.75, 3.05) is 26.3 Å². The molecule has 0 aliphatic heterocycles. The Morgan fingerprint density at radius 1 is 0.889 bits per heavy atom. The van der Waals surface area contributed by atoms with E-state index in [0.29, 0.717) is 6.54 Å². The Bertz CT molecular complexity index is 46.2. The summed E-state index contributed by atoms with van der Waals surface area (Å²) in [4.78, 5) is 0. The quantitative estimate of drug-likeness (QED) is 0.262. The van der Waals surface area contributed by atoms with Gasteiger partial charge in [-0.1, -0.05) is 0 Å². The Morgan fingerprint density at radius 2 is 1.56 bits per heavy atom. The van der Waals surface area contributed by atoms with E-state index in [1.807, 2.05) is 0 Å². The van der Waals surface area contributed by atoms with Gasteiger partial charge in [0.25, 0.3) is 0 Å². The second kappa shape index (κ2) is 7.84. The van der Waals surface area contributed by atoms with Gasteiger partial charge in [0.1, 0.15) is 0 Å². The molecule has 0 saturated carbocycles. The lowest BCUT2D eigenvalue weighted by Gasteiger charge is -2.02. The average Bonchev–Trinajstić information content (AvgIpc) is 1.89. The lowest BCUT2D eigenvalue weighted by Crippen LogP contribution is -2.34. The van der Waals surface area contributed by atoms with Gasteiger partial charge in [-0.25, -0.2) is 0 Å². The summed E-state index contributed by atoms with van der Waals surface area (Å²) < 4.78 is 0. The van der Waals surface area contributed by atoms with Crippen molar-refractivity contribution in [2.45, 2.75) is 6.42 Å². The van der Waals surface area contributed by atoms with E-state index in [1.54, 1.807) is 0 Å². The minimum Gasteiger partial charge on any atom is -0.396 e. The van der Waals surface area contributed by atoms with Crippen molar-refractivity contribution in [3.05, 3.63) is 0 Å². The smallest absolute Gasteiger partial charge is 0.0569 e. The third-order valence-electron chi connectivity index (χ3n) is 0.822. The van der Waals surface area contributed by atoms with Crippen molar-refractivity contribution < 1.29 is 10.2 Å². The molecule has 0 heterocycles. The Morgan fingerprint density at radius 3 is 2.11 bits per heavy atom. The molecule has 4 heteroatoms. The molecule has 0 unspecified atom stereocenters. The van der Waals surface area contributed by atoms with E-state index in [2.05, 4.69) is 10.9 Å². The fourth-order valence-corrected chi connectivity index (χ4v) is 0.400. The molecule has 0 rings (SSSR count). The zero-order chi connectivity index (χ0) is 6.95. The molecule has 0 aliphatic rings. The molecule has 0 atom stereocenters. The highest BCUT2D eigenvalue weighted by Crippen LogP contribution is 1.67.